The van der Waals surface area contributed by atoms with E-state index in [0.717, 1.165) is 5.56 Å². The van der Waals surface area contributed by atoms with Crippen molar-refractivity contribution >= 4 is 23.4 Å². The summed E-state index contributed by atoms with van der Waals surface area (Å²) >= 11 is 1.24. The van der Waals surface area contributed by atoms with E-state index in [2.05, 4.69) is 20.6 Å². The molecule has 1 aromatic carbocycles. The zero-order valence-electron chi connectivity index (χ0n) is 15.8. The van der Waals surface area contributed by atoms with Crippen molar-refractivity contribution in [3.8, 4) is 17.3 Å². The van der Waals surface area contributed by atoms with Crippen LogP contribution in [0.3, 0.4) is 0 Å². The molecule has 148 valence electrons. The van der Waals surface area contributed by atoms with Gasteiger partial charge in [0.2, 0.25) is 11.8 Å². The highest BCUT2D eigenvalue weighted by Gasteiger charge is 2.19. The van der Waals surface area contributed by atoms with Gasteiger partial charge in [0.25, 0.3) is 0 Å². The van der Waals surface area contributed by atoms with E-state index in [-0.39, 0.29) is 11.7 Å². The fourth-order valence-electron chi connectivity index (χ4n) is 2.53. The molecule has 0 spiro atoms. The average Bonchev–Trinajstić information content (AvgIpc) is 3.23. The second-order valence-electron chi connectivity index (χ2n) is 5.85. The highest BCUT2D eigenvalue weighted by atomic mass is 32.2. The maximum atomic E-state index is 13.2. The van der Waals surface area contributed by atoms with Crippen LogP contribution in [0.1, 0.15) is 13.8 Å². The van der Waals surface area contributed by atoms with Gasteiger partial charge >= 0.3 is 0 Å². The Morgan fingerprint density at radius 2 is 2.14 bits per heavy atom. The molecular weight excluding hydrogens is 383 g/mol. The minimum absolute atomic E-state index is 0.120. The molecule has 0 bridgehead atoms. The first-order valence-corrected chi connectivity index (χ1v) is 9.78. The number of halogens is 1. The van der Waals surface area contributed by atoms with Gasteiger partial charge < -0.3 is 14.6 Å². The highest BCUT2D eigenvalue weighted by molar-refractivity contribution is 7.99. The van der Waals surface area contributed by atoms with Gasteiger partial charge in [0, 0.05) is 25.5 Å². The van der Waals surface area contributed by atoms with Gasteiger partial charge in [-0.2, -0.15) is 0 Å². The number of carbonyl (C=O) groups is 1. The SMILES string of the molecule is CCOc1nn(CC)cc1-c1nnc(SCC(=O)Nc2cccc(F)c2)n1C. The molecule has 3 rings (SSSR count). The number of hydrogen-bond acceptors (Lipinski definition) is 6. The number of aryl methyl sites for hydroxylation is 1. The fourth-order valence-corrected chi connectivity index (χ4v) is 3.24. The maximum Gasteiger partial charge on any atom is 0.243 e. The van der Waals surface area contributed by atoms with Gasteiger partial charge in [-0.15, -0.1) is 15.3 Å². The third-order valence-electron chi connectivity index (χ3n) is 3.85. The number of ether oxygens (including phenoxy) is 1. The summed E-state index contributed by atoms with van der Waals surface area (Å²) in [6.45, 7) is 5.08. The summed E-state index contributed by atoms with van der Waals surface area (Å²) in [7, 11) is 1.82. The number of amides is 1. The second kappa shape index (κ2) is 8.87. The Labute approximate surface area is 166 Å². The number of nitrogens with one attached hydrogen (secondary N) is 1. The second-order valence-corrected chi connectivity index (χ2v) is 6.79. The van der Waals surface area contributed by atoms with E-state index in [1.807, 2.05) is 27.1 Å². The van der Waals surface area contributed by atoms with Crippen LogP contribution in [0.2, 0.25) is 0 Å². The first-order chi connectivity index (χ1) is 13.5. The molecule has 0 atom stereocenters. The van der Waals surface area contributed by atoms with Crippen LogP contribution < -0.4 is 10.1 Å². The summed E-state index contributed by atoms with van der Waals surface area (Å²) in [4.78, 5) is 12.1. The van der Waals surface area contributed by atoms with E-state index in [1.165, 1.54) is 23.9 Å². The van der Waals surface area contributed by atoms with Crippen LogP contribution in [0.25, 0.3) is 11.4 Å². The molecule has 0 radical (unpaired) electrons. The Balaban J connectivity index is 1.70. The molecule has 0 unspecified atom stereocenters. The van der Waals surface area contributed by atoms with E-state index in [9.17, 15) is 9.18 Å². The first kappa shape index (κ1) is 19.9. The fraction of sp³-hybridized carbons (Fsp3) is 0.333. The van der Waals surface area contributed by atoms with E-state index in [1.54, 1.807) is 21.4 Å². The van der Waals surface area contributed by atoms with Crippen LogP contribution in [0.5, 0.6) is 5.88 Å². The Hall–Kier alpha value is -2.88. The number of rotatable bonds is 8. The van der Waals surface area contributed by atoms with Crippen molar-refractivity contribution < 1.29 is 13.9 Å². The molecule has 1 amide bonds. The molecule has 2 heterocycles. The molecule has 0 aliphatic carbocycles. The minimum atomic E-state index is -0.402. The summed E-state index contributed by atoms with van der Waals surface area (Å²) in [5.41, 5.74) is 1.16. The van der Waals surface area contributed by atoms with Crippen LogP contribution in [-0.2, 0) is 18.4 Å². The topological polar surface area (TPSA) is 86.9 Å². The van der Waals surface area contributed by atoms with Crippen LogP contribution >= 0.6 is 11.8 Å². The Morgan fingerprint density at radius 3 is 2.86 bits per heavy atom. The number of nitrogens with zero attached hydrogens (tertiary/aromatic N) is 5. The quantitative estimate of drug-likeness (QED) is 0.581. The van der Waals surface area contributed by atoms with E-state index in [0.29, 0.717) is 35.7 Å². The lowest BCUT2D eigenvalue weighted by molar-refractivity contribution is -0.113. The number of hydrogen-bond donors (Lipinski definition) is 1. The van der Waals surface area contributed by atoms with Crippen molar-refractivity contribution in [3.05, 3.63) is 36.3 Å². The molecular formula is C18H21FN6O2S. The molecule has 10 heteroatoms. The zero-order valence-corrected chi connectivity index (χ0v) is 16.7. The van der Waals surface area contributed by atoms with Crippen LogP contribution in [0.4, 0.5) is 10.1 Å². The van der Waals surface area contributed by atoms with E-state index < -0.39 is 5.82 Å². The molecule has 0 fully saturated rings. The molecule has 2 aromatic heterocycles. The molecule has 0 aliphatic heterocycles. The van der Waals surface area contributed by atoms with Crippen LogP contribution in [-0.4, -0.2) is 42.8 Å². The molecule has 1 N–H and O–H groups in total. The summed E-state index contributed by atoms with van der Waals surface area (Å²) in [5.74, 6) is 0.571. The van der Waals surface area contributed by atoms with Gasteiger partial charge in [0.05, 0.1) is 12.4 Å². The predicted molar refractivity (Wildman–Crippen MR) is 105 cm³/mol. The summed E-state index contributed by atoms with van der Waals surface area (Å²) in [6.07, 6.45) is 1.86. The number of thioether (sulfide) groups is 1. The van der Waals surface area contributed by atoms with Crippen molar-refractivity contribution in [2.24, 2.45) is 7.05 Å². The smallest absolute Gasteiger partial charge is 0.243 e. The predicted octanol–water partition coefficient (Wildman–Crippen LogP) is 2.97. The maximum absolute atomic E-state index is 13.2. The number of benzene rings is 1. The van der Waals surface area contributed by atoms with Gasteiger partial charge in [-0.1, -0.05) is 17.8 Å². The Bertz CT molecular complexity index is 971. The standard InChI is InChI=1S/C18H21FN6O2S/c1-4-25-10-14(17(23-25)27-5-2)16-21-22-18(24(16)3)28-11-15(26)20-13-8-6-7-12(19)9-13/h6-10H,4-5,11H2,1-3H3,(H,20,26). The largest absolute Gasteiger partial charge is 0.476 e. The molecule has 0 aliphatic rings. The number of carbonyl (C=O) groups excluding carboxylic acids is 1. The zero-order chi connectivity index (χ0) is 20.1. The molecule has 28 heavy (non-hydrogen) atoms. The Kier molecular flexibility index (Phi) is 6.30. The summed E-state index contributed by atoms with van der Waals surface area (Å²) < 4.78 is 22.4. The lowest BCUT2D eigenvalue weighted by atomic mass is 10.3. The summed E-state index contributed by atoms with van der Waals surface area (Å²) in [5, 5.41) is 16.0. The minimum Gasteiger partial charge on any atom is -0.476 e. The van der Waals surface area contributed by atoms with Gasteiger partial charge in [0.15, 0.2) is 11.0 Å². The number of aromatic nitrogens is 5. The third kappa shape index (κ3) is 4.50. The van der Waals surface area contributed by atoms with Crippen LogP contribution in [0, 0.1) is 5.82 Å². The van der Waals surface area contributed by atoms with Gasteiger partial charge in [-0.05, 0) is 32.0 Å². The van der Waals surface area contributed by atoms with Crippen molar-refractivity contribution in [3.63, 3.8) is 0 Å². The van der Waals surface area contributed by atoms with Crippen molar-refractivity contribution in [2.45, 2.75) is 25.5 Å². The molecule has 3 aromatic rings. The average molecular weight is 404 g/mol. The lowest BCUT2D eigenvalue weighted by Gasteiger charge is -2.06. The third-order valence-corrected chi connectivity index (χ3v) is 4.87. The normalized spacial score (nSPS) is 10.9. The van der Waals surface area contributed by atoms with E-state index >= 15 is 0 Å². The lowest BCUT2D eigenvalue weighted by Crippen LogP contribution is -2.14. The highest BCUT2D eigenvalue weighted by Crippen LogP contribution is 2.29. The monoisotopic (exact) mass is 404 g/mol. The van der Waals surface area contributed by atoms with Gasteiger partial charge in [0.1, 0.15) is 11.4 Å². The molecule has 0 saturated carbocycles. The molecule has 0 saturated heterocycles. The van der Waals surface area contributed by atoms with Gasteiger partial charge in [-0.25, -0.2) is 4.39 Å². The summed E-state index contributed by atoms with van der Waals surface area (Å²) in [6, 6.07) is 5.76. The van der Waals surface area contributed by atoms with Crippen molar-refractivity contribution in [1.82, 2.24) is 24.5 Å². The number of anilines is 1. The van der Waals surface area contributed by atoms with Crippen LogP contribution in [0.15, 0.2) is 35.6 Å². The van der Waals surface area contributed by atoms with Gasteiger partial charge in [-0.3, -0.25) is 9.48 Å². The first-order valence-electron chi connectivity index (χ1n) is 8.80. The van der Waals surface area contributed by atoms with Crippen molar-refractivity contribution in [2.75, 3.05) is 17.7 Å². The molecule has 8 nitrogen and oxygen atoms in total. The van der Waals surface area contributed by atoms with E-state index in [4.69, 9.17) is 4.74 Å². The Morgan fingerprint density at radius 1 is 1.32 bits per heavy atom. The van der Waals surface area contributed by atoms with Crippen molar-refractivity contribution in [1.29, 1.82) is 0 Å².